The lowest BCUT2D eigenvalue weighted by molar-refractivity contribution is -0.195. The Morgan fingerprint density at radius 1 is 1.14 bits per heavy atom. The van der Waals surface area contributed by atoms with Crippen LogP contribution in [0.4, 0.5) is 4.79 Å². The summed E-state index contributed by atoms with van der Waals surface area (Å²) in [6.45, 7) is 7.22. The Labute approximate surface area is 132 Å². The first-order valence-corrected chi connectivity index (χ1v) is 8.33. The Kier molecular flexibility index (Phi) is 3.19. The zero-order valence-corrected chi connectivity index (χ0v) is 13.4. The third-order valence-electron chi connectivity index (χ3n) is 5.52. The molecule has 22 heavy (non-hydrogen) atoms. The summed E-state index contributed by atoms with van der Waals surface area (Å²) in [6, 6.07) is 11.1. The lowest BCUT2D eigenvalue weighted by Gasteiger charge is -2.54. The average molecular weight is 300 g/mol. The van der Waals surface area contributed by atoms with Crippen molar-refractivity contribution in [1.29, 1.82) is 0 Å². The third-order valence-corrected chi connectivity index (χ3v) is 5.52. The molecule has 0 spiro atoms. The van der Waals surface area contributed by atoms with E-state index in [1.165, 1.54) is 18.4 Å². The Morgan fingerprint density at radius 3 is 2.32 bits per heavy atom. The summed E-state index contributed by atoms with van der Waals surface area (Å²) >= 11 is 0. The highest BCUT2D eigenvalue weighted by Crippen LogP contribution is 2.46. The molecule has 4 heteroatoms. The van der Waals surface area contributed by atoms with Gasteiger partial charge in [-0.25, -0.2) is 4.79 Å². The van der Waals surface area contributed by atoms with E-state index in [0.29, 0.717) is 17.9 Å². The van der Waals surface area contributed by atoms with E-state index in [-0.39, 0.29) is 6.09 Å². The predicted molar refractivity (Wildman–Crippen MR) is 84.1 cm³/mol. The van der Waals surface area contributed by atoms with Crippen molar-refractivity contribution >= 4 is 6.09 Å². The Balaban J connectivity index is 1.47. The number of fused-ring (bicyclic) bond motifs is 2. The Morgan fingerprint density at radius 2 is 1.77 bits per heavy atom. The van der Waals surface area contributed by atoms with Gasteiger partial charge in [0.05, 0.1) is 0 Å². The summed E-state index contributed by atoms with van der Waals surface area (Å²) in [7, 11) is 0. The summed E-state index contributed by atoms with van der Waals surface area (Å²) in [5, 5.41) is 0. The van der Waals surface area contributed by atoms with Crippen LogP contribution in [0.2, 0.25) is 0 Å². The van der Waals surface area contributed by atoms with E-state index < -0.39 is 5.72 Å². The van der Waals surface area contributed by atoms with Crippen molar-refractivity contribution in [2.45, 2.75) is 45.0 Å². The molecule has 3 fully saturated rings. The van der Waals surface area contributed by atoms with Gasteiger partial charge in [0, 0.05) is 25.7 Å². The molecule has 2 bridgehead atoms. The molecule has 3 aliphatic rings. The first-order valence-electron chi connectivity index (χ1n) is 8.33. The van der Waals surface area contributed by atoms with Crippen molar-refractivity contribution in [1.82, 2.24) is 9.80 Å². The van der Waals surface area contributed by atoms with E-state index in [4.69, 9.17) is 4.74 Å². The number of hydrogen-bond donors (Lipinski definition) is 0. The second-order valence-corrected chi connectivity index (χ2v) is 7.45. The van der Waals surface area contributed by atoms with Crippen LogP contribution in [-0.2, 0) is 11.3 Å². The number of nitrogens with zero attached hydrogens (tertiary/aromatic N) is 2. The van der Waals surface area contributed by atoms with E-state index in [2.05, 4.69) is 35.2 Å². The third kappa shape index (κ3) is 2.21. The summed E-state index contributed by atoms with van der Waals surface area (Å²) in [5.41, 5.74) is 0.966. The zero-order valence-electron chi connectivity index (χ0n) is 13.4. The van der Waals surface area contributed by atoms with Gasteiger partial charge in [0.25, 0.3) is 0 Å². The molecule has 0 N–H and O–H groups in total. The van der Waals surface area contributed by atoms with Crippen molar-refractivity contribution in [3.05, 3.63) is 35.9 Å². The van der Waals surface area contributed by atoms with Gasteiger partial charge >= 0.3 is 6.09 Å². The van der Waals surface area contributed by atoms with Gasteiger partial charge in [0.2, 0.25) is 0 Å². The summed E-state index contributed by atoms with van der Waals surface area (Å²) in [6.07, 6.45) is 2.35. The fourth-order valence-corrected chi connectivity index (χ4v) is 4.66. The van der Waals surface area contributed by atoms with Crippen LogP contribution in [-0.4, -0.2) is 40.7 Å². The number of amides is 1. The molecule has 4 rings (SSSR count). The largest absolute Gasteiger partial charge is 0.423 e. The highest BCUT2D eigenvalue weighted by Gasteiger charge is 2.57. The molecule has 1 saturated carbocycles. The molecule has 2 saturated heterocycles. The topological polar surface area (TPSA) is 32.8 Å². The molecule has 1 amide bonds. The van der Waals surface area contributed by atoms with Crippen LogP contribution in [0.25, 0.3) is 0 Å². The lowest BCUT2D eigenvalue weighted by Crippen LogP contribution is -2.69. The second-order valence-electron chi connectivity index (χ2n) is 7.45. The highest BCUT2D eigenvalue weighted by atomic mass is 16.6. The van der Waals surface area contributed by atoms with Crippen LogP contribution < -0.4 is 0 Å². The maximum Gasteiger partial charge on any atom is 0.415 e. The van der Waals surface area contributed by atoms with Crippen LogP contribution in [0.5, 0.6) is 0 Å². The number of carbonyl (C=O) groups is 1. The van der Waals surface area contributed by atoms with Crippen molar-refractivity contribution in [3.63, 3.8) is 0 Å². The van der Waals surface area contributed by atoms with Crippen molar-refractivity contribution in [2.75, 3.05) is 13.1 Å². The van der Waals surface area contributed by atoms with Crippen molar-refractivity contribution < 1.29 is 9.53 Å². The van der Waals surface area contributed by atoms with E-state index in [9.17, 15) is 4.79 Å². The van der Waals surface area contributed by atoms with Gasteiger partial charge < -0.3 is 4.74 Å². The Hall–Kier alpha value is -1.55. The number of ether oxygens (including phenoxy) is 1. The Bertz CT molecular complexity index is 558. The minimum Gasteiger partial charge on any atom is -0.423 e. The summed E-state index contributed by atoms with van der Waals surface area (Å²) in [4.78, 5) is 16.5. The first-order chi connectivity index (χ1) is 10.5. The fourth-order valence-electron chi connectivity index (χ4n) is 4.66. The molecule has 2 unspecified atom stereocenters. The zero-order chi connectivity index (χ0) is 15.3. The summed E-state index contributed by atoms with van der Waals surface area (Å²) < 4.78 is 5.31. The number of hydrogen-bond acceptors (Lipinski definition) is 3. The molecular formula is C18H24N2O2. The van der Waals surface area contributed by atoms with Crippen LogP contribution in [0.1, 0.15) is 32.3 Å². The van der Waals surface area contributed by atoms with Gasteiger partial charge in [-0.3, -0.25) is 9.80 Å². The number of cyclic esters (lactones) is 1. The highest BCUT2D eigenvalue weighted by molar-refractivity contribution is 5.74. The molecule has 118 valence electrons. The number of rotatable bonds is 3. The lowest BCUT2D eigenvalue weighted by atomic mass is 9.88. The van der Waals surface area contributed by atoms with Gasteiger partial charge in [0.1, 0.15) is 0 Å². The monoisotopic (exact) mass is 300 g/mol. The number of piperidine rings is 1. The van der Waals surface area contributed by atoms with E-state index in [1.807, 2.05) is 18.7 Å². The van der Waals surface area contributed by atoms with Gasteiger partial charge in [-0.15, -0.1) is 0 Å². The molecule has 1 aromatic carbocycles. The number of likely N-dealkylation sites (tertiary alicyclic amines) is 1. The first kappa shape index (κ1) is 14.1. The normalized spacial score (nSPS) is 33.5. The maximum absolute atomic E-state index is 11.9. The average Bonchev–Trinajstić information content (AvgIpc) is 2.71. The molecule has 2 heterocycles. The smallest absolute Gasteiger partial charge is 0.415 e. The van der Waals surface area contributed by atoms with Gasteiger partial charge in [-0.1, -0.05) is 30.3 Å². The standard InChI is InChI=1S/C18H24N2O2/c1-18(2)20(17(21)22-18)16-14-8-9-15(16)12-19(11-14)10-13-6-4-3-5-7-13/h3-7,14-16H,8-12H2,1-2H3. The fraction of sp³-hybridized carbons (Fsp3) is 0.611. The van der Waals surface area contributed by atoms with Crippen LogP contribution in [0.15, 0.2) is 30.3 Å². The molecule has 0 aromatic heterocycles. The molecule has 1 aromatic rings. The van der Waals surface area contributed by atoms with Gasteiger partial charge in [-0.05, 0) is 44.1 Å². The minimum absolute atomic E-state index is 0.122. The minimum atomic E-state index is -0.413. The van der Waals surface area contributed by atoms with Gasteiger partial charge in [-0.2, -0.15) is 0 Å². The molecule has 4 nitrogen and oxygen atoms in total. The molecular weight excluding hydrogens is 276 g/mol. The maximum atomic E-state index is 11.9. The quantitative estimate of drug-likeness (QED) is 0.860. The van der Waals surface area contributed by atoms with Crippen molar-refractivity contribution in [3.8, 4) is 0 Å². The van der Waals surface area contributed by atoms with E-state index >= 15 is 0 Å². The molecule has 0 radical (unpaired) electrons. The molecule has 2 aliphatic heterocycles. The van der Waals surface area contributed by atoms with E-state index in [0.717, 1.165) is 19.6 Å². The van der Waals surface area contributed by atoms with Gasteiger partial charge in [0.15, 0.2) is 5.72 Å². The van der Waals surface area contributed by atoms with E-state index in [1.54, 1.807) is 0 Å². The molecule has 1 aliphatic carbocycles. The van der Waals surface area contributed by atoms with Crippen LogP contribution in [0.3, 0.4) is 0 Å². The SMILES string of the molecule is CC1(C)OC(=O)N1C1C2CCC1CN(Cc1ccccc1)C2. The second kappa shape index (κ2) is 4.98. The predicted octanol–water partition coefficient (Wildman–Crippen LogP) is 3.09. The number of benzene rings is 1. The van der Waals surface area contributed by atoms with Crippen molar-refractivity contribution in [2.24, 2.45) is 11.8 Å². The van der Waals surface area contributed by atoms with Crippen LogP contribution >= 0.6 is 0 Å². The summed E-state index contributed by atoms with van der Waals surface area (Å²) in [5.74, 6) is 1.18. The number of carbonyl (C=O) groups excluding carboxylic acids is 1. The van der Waals surface area contributed by atoms with Crippen LogP contribution in [0, 0.1) is 11.8 Å². The molecule has 2 atom stereocenters.